The van der Waals surface area contributed by atoms with Gasteiger partial charge in [0.05, 0.1) is 5.69 Å². The van der Waals surface area contributed by atoms with E-state index >= 15 is 0 Å². The monoisotopic (exact) mass is 325 g/mol. The number of benzene rings is 2. The predicted octanol–water partition coefficient (Wildman–Crippen LogP) is 5.22. The largest absolute Gasteiger partial charge is 0.324 e. The van der Waals surface area contributed by atoms with Crippen molar-refractivity contribution in [1.29, 1.82) is 0 Å². The number of carbonyl (C=O) groups excluding carboxylic acids is 1. The smallest absolute Gasteiger partial charge is 0.242 e. The Morgan fingerprint density at radius 1 is 0.955 bits per heavy atom. The van der Waals surface area contributed by atoms with Gasteiger partial charge in [-0.15, -0.1) is 11.8 Å². The maximum Gasteiger partial charge on any atom is 0.242 e. The molecule has 0 aliphatic heterocycles. The van der Waals surface area contributed by atoms with Gasteiger partial charge < -0.3 is 5.32 Å². The summed E-state index contributed by atoms with van der Waals surface area (Å²) >= 11 is 3.13. The molecule has 22 heavy (non-hydrogen) atoms. The van der Waals surface area contributed by atoms with Crippen LogP contribution in [0.2, 0.25) is 0 Å². The Bertz CT molecular complexity index is 711. The van der Waals surface area contributed by atoms with Crippen LogP contribution in [0.5, 0.6) is 0 Å². The zero-order valence-electron chi connectivity index (χ0n) is 11.8. The van der Waals surface area contributed by atoms with E-state index in [1.807, 2.05) is 77.5 Å². The van der Waals surface area contributed by atoms with Gasteiger partial charge in [-0.1, -0.05) is 48.5 Å². The molecule has 0 spiro atoms. The average Bonchev–Trinajstić information content (AvgIpc) is 3.07. The van der Waals surface area contributed by atoms with Gasteiger partial charge in [0.1, 0.15) is 5.25 Å². The van der Waals surface area contributed by atoms with Crippen LogP contribution in [0.1, 0.15) is 10.8 Å². The third kappa shape index (κ3) is 3.78. The van der Waals surface area contributed by atoms with Crippen molar-refractivity contribution in [2.45, 2.75) is 10.1 Å². The molecule has 1 N–H and O–H groups in total. The number of hydrogen-bond acceptors (Lipinski definition) is 3. The van der Waals surface area contributed by atoms with E-state index in [0.29, 0.717) is 0 Å². The highest BCUT2D eigenvalue weighted by Crippen LogP contribution is 2.36. The number of carbonyl (C=O) groups is 1. The Labute approximate surface area is 138 Å². The fourth-order valence-electron chi connectivity index (χ4n) is 2.08. The van der Waals surface area contributed by atoms with Crippen LogP contribution in [0, 0.1) is 0 Å². The zero-order valence-corrected chi connectivity index (χ0v) is 13.4. The third-order valence-electron chi connectivity index (χ3n) is 3.13. The number of amides is 1. The molecule has 3 rings (SSSR count). The van der Waals surface area contributed by atoms with Crippen molar-refractivity contribution in [2.24, 2.45) is 0 Å². The predicted molar refractivity (Wildman–Crippen MR) is 94.4 cm³/mol. The first-order valence-electron chi connectivity index (χ1n) is 6.92. The maximum absolute atomic E-state index is 12.7. The van der Waals surface area contributed by atoms with Gasteiger partial charge in [-0.25, -0.2) is 0 Å². The number of thiophene rings is 1. The SMILES string of the molecule is O=C(Nc1ccsc1)C(Sc1ccccc1)c1ccccc1. The minimum Gasteiger partial charge on any atom is -0.324 e. The Kier molecular flexibility index (Phi) is 4.93. The highest BCUT2D eigenvalue weighted by atomic mass is 32.2. The van der Waals surface area contributed by atoms with Crippen LogP contribution in [0.25, 0.3) is 0 Å². The summed E-state index contributed by atoms with van der Waals surface area (Å²) in [4.78, 5) is 13.8. The van der Waals surface area contributed by atoms with Crippen LogP contribution in [0.4, 0.5) is 5.69 Å². The van der Waals surface area contributed by atoms with Gasteiger partial charge in [0.25, 0.3) is 0 Å². The summed E-state index contributed by atoms with van der Waals surface area (Å²) in [5, 5.41) is 6.61. The standard InChI is InChI=1S/C18H15NOS2/c20-18(19-15-11-12-21-13-15)17(14-7-3-1-4-8-14)22-16-9-5-2-6-10-16/h1-13,17H,(H,19,20). The van der Waals surface area contributed by atoms with Crippen LogP contribution in [0.15, 0.2) is 82.4 Å². The van der Waals surface area contributed by atoms with Crippen LogP contribution >= 0.6 is 23.1 Å². The van der Waals surface area contributed by atoms with Crippen LogP contribution in [-0.2, 0) is 4.79 Å². The molecule has 0 saturated heterocycles. The van der Waals surface area contributed by atoms with E-state index in [0.717, 1.165) is 16.1 Å². The minimum atomic E-state index is -0.275. The first-order chi connectivity index (χ1) is 10.8. The molecule has 0 radical (unpaired) electrons. The molecule has 1 atom stereocenters. The third-order valence-corrected chi connectivity index (χ3v) is 5.08. The molecule has 0 saturated carbocycles. The second kappa shape index (κ2) is 7.29. The summed E-state index contributed by atoms with van der Waals surface area (Å²) in [6.07, 6.45) is 0. The van der Waals surface area contributed by atoms with Gasteiger partial charge in [-0.3, -0.25) is 4.79 Å². The lowest BCUT2D eigenvalue weighted by atomic mass is 10.1. The van der Waals surface area contributed by atoms with Crippen molar-refractivity contribution in [3.63, 3.8) is 0 Å². The lowest BCUT2D eigenvalue weighted by Gasteiger charge is -2.16. The molecule has 110 valence electrons. The molecule has 1 amide bonds. The molecule has 4 heteroatoms. The van der Waals surface area contributed by atoms with Crippen molar-refractivity contribution < 1.29 is 4.79 Å². The molecule has 1 unspecified atom stereocenters. The molecule has 0 fully saturated rings. The van der Waals surface area contributed by atoms with Crippen LogP contribution in [-0.4, -0.2) is 5.91 Å². The summed E-state index contributed by atoms with van der Waals surface area (Å²) in [6, 6.07) is 21.8. The van der Waals surface area contributed by atoms with Gasteiger partial charge >= 0.3 is 0 Å². The summed E-state index contributed by atoms with van der Waals surface area (Å²) in [5.41, 5.74) is 1.86. The fourth-order valence-corrected chi connectivity index (χ4v) is 3.71. The molecule has 0 aliphatic carbocycles. The Morgan fingerprint density at radius 3 is 2.27 bits per heavy atom. The molecular weight excluding hydrogens is 310 g/mol. The second-order valence-corrected chi connectivity index (χ2v) is 6.68. The lowest BCUT2D eigenvalue weighted by Crippen LogP contribution is -2.18. The van der Waals surface area contributed by atoms with Gasteiger partial charge in [-0.2, -0.15) is 11.3 Å². The molecule has 3 aromatic rings. The summed E-state index contributed by atoms with van der Waals surface area (Å²) in [5.74, 6) is -0.00143. The lowest BCUT2D eigenvalue weighted by molar-refractivity contribution is -0.115. The van der Waals surface area contributed by atoms with Crippen LogP contribution < -0.4 is 5.32 Å². The Morgan fingerprint density at radius 2 is 1.64 bits per heavy atom. The van der Waals surface area contributed by atoms with Crippen molar-refractivity contribution >= 4 is 34.7 Å². The molecule has 1 aromatic heterocycles. The van der Waals surface area contributed by atoms with E-state index in [9.17, 15) is 4.79 Å². The van der Waals surface area contributed by atoms with E-state index in [4.69, 9.17) is 0 Å². The van der Waals surface area contributed by atoms with Crippen molar-refractivity contribution in [2.75, 3.05) is 5.32 Å². The number of hydrogen-bond donors (Lipinski definition) is 1. The minimum absolute atomic E-state index is 0.00143. The Hall–Kier alpha value is -2.04. The molecule has 0 bridgehead atoms. The van der Waals surface area contributed by atoms with Gasteiger partial charge in [-0.05, 0) is 29.1 Å². The highest BCUT2D eigenvalue weighted by Gasteiger charge is 2.22. The van der Waals surface area contributed by atoms with E-state index < -0.39 is 0 Å². The molecule has 1 heterocycles. The van der Waals surface area contributed by atoms with Crippen molar-refractivity contribution in [3.8, 4) is 0 Å². The van der Waals surface area contributed by atoms with Gasteiger partial charge in [0.15, 0.2) is 0 Å². The first kappa shape index (κ1) is 14.9. The molecule has 2 aromatic carbocycles. The second-order valence-electron chi connectivity index (χ2n) is 4.72. The molecule has 0 aliphatic rings. The van der Waals surface area contributed by atoms with Crippen molar-refractivity contribution in [1.82, 2.24) is 0 Å². The summed E-state index contributed by atoms with van der Waals surface area (Å²) < 4.78 is 0. The Balaban J connectivity index is 1.84. The summed E-state index contributed by atoms with van der Waals surface area (Å²) in [7, 11) is 0. The average molecular weight is 325 g/mol. The van der Waals surface area contributed by atoms with E-state index in [-0.39, 0.29) is 11.2 Å². The van der Waals surface area contributed by atoms with E-state index in [1.54, 1.807) is 23.1 Å². The van der Waals surface area contributed by atoms with Gasteiger partial charge in [0, 0.05) is 10.3 Å². The highest BCUT2D eigenvalue weighted by molar-refractivity contribution is 8.00. The quantitative estimate of drug-likeness (QED) is 0.652. The zero-order chi connectivity index (χ0) is 15.2. The number of rotatable bonds is 5. The molecule has 2 nitrogen and oxygen atoms in total. The van der Waals surface area contributed by atoms with Crippen LogP contribution in [0.3, 0.4) is 0 Å². The summed E-state index contributed by atoms with van der Waals surface area (Å²) in [6.45, 7) is 0. The topological polar surface area (TPSA) is 29.1 Å². The van der Waals surface area contributed by atoms with E-state index in [1.165, 1.54) is 0 Å². The normalized spacial score (nSPS) is 11.8. The van der Waals surface area contributed by atoms with E-state index in [2.05, 4.69) is 5.32 Å². The number of thioether (sulfide) groups is 1. The first-order valence-corrected chi connectivity index (χ1v) is 8.75. The fraction of sp³-hybridized carbons (Fsp3) is 0.0556. The number of anilines is 1. The molecular formula is C18H15NOS2. The number of nitrogens with one attached hydrogen (secondary N) is 1. The van der Waals surface area contributed by atoms with Crippen molar-refractivity contribution in [3.05, 3.63) is 83.1 Å². The van der Waals surface area contributed by atoms with Gasteiger partial charge in [0.2, 0.25) is 5.91 Å². The maximum atomic E-state index is 12.7.